The maximum absolute atomic E-state index is 12.4. The molecule has 30 heavy (non-hydrogen) atoms. The summed E-state index contributed by atoms with van der Waals surface area (Å²) in [5.41, 5.74) is 3.15. The predicted octanol–water partition coefficient (Wildman–Crippen LogP) is 3.54. The summed E-state index contributed by atoms with van der Waals surface area (Å²) in [5, 5.41) is 12.4. The summed E-state index contributed by atoms with van der Waals surface area (Å²) in [5.74, 6) is 0.0235. The van der Waals surface area contributed by atoms with E-state index >= 15 is 0 Å². The molecule has 3 rings (SSSR count). The molecule has 8 nitrogen and oxygen atoms in total. The smallest absolute Gasteiger partial charge is 0.264 e. The van der Waals surface area contributed by atoms with E-state index in [0.717, 1.165) is 11.3 Å². The van der Waals surface area contributed by atoms with E-state index in [-0.39, 0.29) is 23.2 Å². The van der Waals surface area contributed by atoms with Crippen LogP contribution in [0.5, 0.6) is 0 Å². The summed E-state index contributed by atoms with van der Waals surface area (Å²) in [6.45, 7) is 3.69. The number of likely N-dealkylation sites (N-methyl/N-ethyl adjacent to an activating group) is 1. The number of amides is 1. The maximum atomic E-state index is 12.4. The Morgan fingerprint density at radius 1 is 1.23 bits per heavy atom. The summed E-state index contributed by atoms with van der Waals surface area (Å²) in [6, 6.07) is 9.13. The maximum Gasteiger partial charge on any atom is 0.264 e. The number of carbonyl (C=O) groups is 2. The number of ketones is 1. The first-order valence-corrected chi connectivity index (χ1v) is 9.39. The van der Waals surface area contributed by atoms with Crippen LogP contribution in [-0.4, -0.2) is 45.6 Å². The molecule has 0 aliphatic heterocycles. The highest BCUT2D eigenvalue weighted by molar-refractivity contribution is 6.06. The lowest BCUT2D eigenvalue weighted by Gasteiger charge is -2.09. The number of H-pyrrole nitrogens is 1. The third-order valence-corrected chi connectivity index (χ3v) is 4.42. The number of aromatic nitrogens is 3. The zero-order valence-corrected chi connectivity index (χ0v) is 17.2. The van der Waals surface area contributed by atoms with Crippen LogP contribution < -0.4 is 5.32 Å². The van der Waals surface area contributed by atoms with Crippen molar-refractivity contribution in [2.45, 2.75) is 13.8 Å². The molecule has 0 saturated heterocycles. The molecule has 0 aliphatic rings. The van der Waals surface area contributed by atoms with Crippen molar-refractivity contribution in [3.05, 3.63) is 53.4 Å². The highest BCUT2D eigenvalue weighted by Gasteiger charge is 2.17. The first-order chi connectivity index (χ1) is 14.3. The molecule has 0 bridgehead atoms. The Balaban J connectivity index is 1.83. The quantitative estimate of drug-likeness (QED) is 0.370. The monoisotopic (exact) mass is 402 g/mol. The Hall–Kier alpha value is -3.99. The Labute approximate surface area is 174 Å². The lowest BCUT2D eigenvalue weighted by molar-refractivity contribution is -0.124. The van der Waals surface area contributed by atoms with E-state index < -0.39 is 0 Å². The van der Waals surface area contributed by atoms with Gasteiger partial charge in [0.25, 0.3) is 5.91 Å². The molecule has 1 amide bonds. The molecule has 0 saturated carbocycles. The van der Waals surface area contributed by atoms with Gasteiger partial charge in [-0.3, -0.25) is 9.59 Å². The van der Waals surface area contributed by atoms with Gasteiger partial charge in [-0.25, -0.2) is 9.97 Å². The van der Waals surface area contributed by atoms with Gasteiger partial charge in [0.1, 0.15) is 23.0 Å². The molecule has 2 aromatic heterocycles. The van der Waals surface area contributed by atoms with Crippen molar-refractivity contribution in [1.82, 2.24) is 19.9 Å². The third-order valence-electron chi connectivity index (χ3n) is 4.42. The summed E-state index contributed by atoms with van der Waals surface area (Å²) in [6.07, 6.45) is 4.76. The van der Waals surface area contributed by atoms with Gasteiger partial charge < -0.3 is 15.2 Å². The second-order valence-corrected chi connectivity index (χ2v) is 7.29. The van der Waals surface area contributed by atoms with Crippen molar-refractivity contribution in [3.63, 3.8) is 0 Å². The average molecular weight is 402 g/mol. The minimum Gasteiger partial charge on any atom is -0.344 e. The Morgan fingerprint density at radius 2 is 1.93 bits per heavy atom. The van der Waals surface area contributed by atoms with Crippen LogP contribution in [0, 0.1) is 17.2 Å². The fourth-order valence-electron chi connectivity index (χ4n) is 2.81. The lowest BCUT2D eigenvalue weighted by atomic mass is 10.0. The highest BCUT2D eigenvalue weighted by Crippen LogP contribution is 2.22. The molecule has 0 spiro atoms. The molecule has 1 aromatic carbocycles. The number of hydrogen-bond donors (Lipinski definition) is 2. The van der Waals surface area contributed by atoms with Gasteiger partial charge in [0.05, 0.1) is 11.8 Å². The number of hydrogen-bond acceptors (Lipinski definition) is 6. The van der Waals surface area contributed by atoms with Gasteiger partial charge in [-0.2, -0.15) is 5.26 Å². The second kappa shape index (κ2) is 8.57. The summed E-state index contributed by atoms with van der Waals surface area (Å²) >= 11 is 0. The van der Waals surface area contributed by atoms with Crippen molar-refractivity contribution < 1.29 is 9.59 Å². The highest BCUT2D eigenvalue weighted by atomic mass is 16.2. The number of anilines is 2. The normalized spacial score (nSPS) is 11.4. The van der Waals surface area contributed by atoms with E-state index in [1.54, 1.807) is 44.7 Å². The number of carbonyl (C=O) groups excluding carboxylic acids is 2. The summed E-state index contributed by atoms with van der Waals surface area (Å²) < 4.78 is 0. The molecule has 0 radical (unpaired) electrons. The van der Waals surface area contributed by atoms with Crippen molar-refractivity contribution >= 4 is 40.4 Å². The van der Waals surface area contributed by atoms with Crippen LogP contribution >= 0.6 is 0 Å². The van der Waals surface area contributed by atoms with E-state index in [1.807, 2.05) is 32.0 Å². The second-order valence-electron chi connectivity index (χ2n) is 7.29. The van der Waals surface area contributed by atoms with Crippen LogP contribution in [0.1, 0.15) is 29.8 Å². The fourth-order valence-corrected chi connectivity index (χ4v) is 2.81. The van der Waals surface area contributed by atoms with Gasteiger partial charge in [0, 0.05) is 31.9 Å². The number of nitrogens with zero attached hydrogens (tertiary/aromatic N) is 4. The SMILES string of the molecule is CC(C)C(=O)c1c[nH]c2ncc(Nc3ccc(/C=C(/C#N)C(=O)N(C)C)cc3)nc12. The number of Topliss-reactive ketones (excluding diaryl/α,β-unsaturated/α-hetero) is 1. The van der Waals surface area contributed by atoms with E-state index in [4.69, 9.17) is 0 Å². The van der Waals surface area contributed by atoms with Crippen molar-refractivity contribution in [2.24, 2.45) is 5.92 Å². The van der Waals surface area contributed by atoms with Gasteiger partial charge in [-0.1, -0.05) is 26.0 Å². The van der Waals surface area contributed by atoms with Gasteiger partial charge in [-0.15, -0.1) is 0 Å². The average Bonchev–Trinajstić information content (AvgIpc) is 3.15. The molecule has 0 atom stereocenters. The number of fused-ring (bicyclic) bond motifs is 1. The third kappa shape index (κ3) is 4.36. The Bertz CT molecular complexity index is 1170. The molecule has 0 fully saturated rings. The van der Waals surface area contributed by atoms with Crippen molar-refractivity contribution in [1.29, 1.82) is 5.26 Å². The molecule has 3 aromatic rings. The van der Waals surface area contributed by atoms with Crippen molar-refractivity contribution in [2.75, 3.05) is 19.4 Å². The molecular weight excluding hydrogens is 380 g/mol. The lowest BCUT2D eigenvalue weighted by Crippen LogP contribution is -2.22. The minimum absolute atomic E-state index is 0.00408. The zero-order valence-electron chi connectivity index (χ0n) is 17.2. The molecule has 2 heterocycles. The molecule has 2 N–H and O–H groups in total. The van der Waals surface area contributed by atoms with E-state index in [0.29, 0.717) is 22.5 Å². The van der Waals surface area contributed by atoms with Gasteiger partial charge >= 0.3 is 0 Å². The van der Waals surface area contributed by atoms with E-state index in [9.17, 15) is 14.9 Å². The van der Waals surface area contributed by atoms with Gasteiger partial charge in [0.2, 0.25) is 0 Å². The fraction of sp³-hybridized carbons (Fsp3) is 0.227. The van der Waals surface area contributed by atoms with Crippen LogP contribution in [0.3, 0.4) is 0 Å². The molecule has 152 valence electrons. The largest absolute Gasteiger partial charge is 0.344 e. The predicted molar refractivity (Wildman–Crippen MR) is 115 cm³/mol. The van der Waals surface area contributed by atoms with E-state index in [2.05, 4.69) is 20.3 Å². The zero-order chi connectivity index (χ0) is 21.8. The van der Waals surface area contributed by atoms with Crippen LogP contribution in [0.15, 0.2) is 42.2 Å². The number of nitriles is 1. The number of benzene rings is 1. The molecular formula is C22H22N6O2. The van der Waals surface area contributed by atoms with Crippen LogP contribution in [0.2, 0.25) is 0 Å². The summed E-state index contributed by atoms with van der Waals surface area (Å²) in [7, 11) is 3.20. The number of aromatic amines is 1. The van der Waals surface area contributed by atoms with Gasteiger partial charge in [0.15, 0.2) is 11.4 Å². The van der Waals surface area contributed by atoms with Crippen LogP contribution in [0.4, 0.5) is 11.5 Å². The first kappa shape index (κ1) is 20.7. The minimum atomic E-state index is -0.346. The van der Waals surface area contributed by atoms with Crippen molar-refractivity contribution in [3.8, 4) is 6.07 Å². The molecule has 8 heteroatoms. The first-order valence-electron chi connectivity index (χ1n) is 9.39. The Morgan fingerprint density at radius 3 is 2.53 bits per heavy atom. The summed E-state index contributed by atoms with van der Waals surface area (Å²) in [4.78, 5) is 37.5. The number of rotatable bonds is 6. The van der Waals surface area contributed by atoms with Crippen LogP contribution in [0.25, 0.3) is 17.2 Å². The van der Waals surface area contributed by atoms with Gasteiger partial charge in [-0.05, 0) is 23.8 Å². The Kier molecular flexibility index (Phi) is 5.93. The topological polar surface area (TPSA) is 115 Å². The van der Waals surface area contributed by atoms with E-state index in [1.165, 1.54) is 4.90 Å². The molecule has 0 aliphatic carbocycles. The number of nitrogens with one attached hydrogen (secondary N) is 2. The molecule has 0 unspecified atom stereocenters. The standard InChI is InChI=1S/C22H22N6O2/c1-13(2)20(29)17-11-24-21-19(17)27-18(12-25-21)26-16-7-5-14(6-8-16)9-15(10-23)22(30)28(3)4/h5-9,11-13H,1-4H3,(H,24,25)(H,26,27)/b15-9-. The van der Waals surface area contributed by atoms with Crippen LogP contribution in [-0.2, 0) is 4.79 Å².